The zero-order chi connectivity index (χ0) is 11.3. The predicted octanol–water partition coefficient (Wildman–Crippen LogP) is 2.80. The van der Waals surface area contributed by atoms with Gasteiger partial charge in [0.1, 0.15) is 0 Å². The van der Waals surface area contributed by atoms with Crippen molar-refractivity contribution in [2.45, 2.75) is 44.8 Å². The molecule has 0 aliphatic heterocycles. The molecule has 2 nitrogen and oxygen atoms in total. The predicted molar refractivity (Wildman–Crippen MR) is 52.0 cm³/mol. The zero-order valence-electron chi connectivity index (χ0n) is 8.85. The van der Waals surface area contributed by atoms with Crippen molar-refractivity contribution in [2.24, 2.45) is 5.92 Å². The van der Waals surface area contributed by atoms with Gasteiger partial charge in [0.2, 0.25) is 0 Å². The van der Waals surface area contributed by atoms with Gasteiger partial charge in [-0.05, 0) is 38.0 Å². The van der Waals surface area contributed by atoms with Crippen molar-refractivity contribution in [3.63, 3.8) is 0 Å². The number of rotatable bonds is 2. The van der Waals surface area contributed by atoms with Crippen molar-refractivity contribution < 1.29 is 13.2 Å². The van der Waals surface area contributed by atoms with E-state index in [1.807, 2.05) is 0 Å². The standard InChI is InChI=1S/C11H13F3N2/c12-11(13,14)10-8-2-1-3-9(8)16(15-10)6-7-4-5-7/h7H,1-6H2. The van der Waals surface area contributed by atoms with Crippen molar-refractivity contribution in [1.29, 1.82) is 0 Å². The lowest BCUT2D eigenvalue weighted by molar-refractivity contribution is -0.142. The summed E-state index contributed by atoms with van der Waals surface area (Å²) >= 11 is 0. The summed E-state index contributed by atoms with van der Waals surface area (Å²) in [5.41, 5.74) is 0.646. The first-order chi connectivity index (χ1) is 7.55. The van der Waals surface area contributed by atoms with Crippen LogP contribution in [0.4, 0.5) is 13.2 Å². The van der Waals surface area contributed by atoms with E-state index in [0.717, 1.165) is 31.4 Å². The van der Waals surface area contributed by atoms with E-state index in [0.29, 0.717) is 24.4 Å². The van der Waals surface area contributed by atoms with Crippen LogP contribution < -0.4 is 0 Å². The molecule has 1 saturated carbocycles. The Morgan fingerprint density at radius 3 is 2.62 bits per heavy atom. The molecule has 0 spiro atoms. The van der Waals surface area contributed by atoms with Crippen molar-refractivity contribution in [2.75, 3.05) is 0 Å². The molecule has 0 bridgehead atoms. The molecule has 1 aromatic heterocycles. The Morgan fingerprint density at radius 2 is 2.00 bits per heavy atom. The number of aromatic nitrogens is 2. The van der Waals surface area contributed by atoms with Gasteiger partial charge in [0.05, 0.1) is 0 Å². The van der Waals surface area contributed by atoms with Gasteiger partial charge >= 0.3 is 6.18 Å². The Kier molecular flexibility index (Phi) is 2.06. The van der Waals surface area contributed by atoms with E-state index in [1.165, 1.54) is 0 Å². The lowest BCUT2D eigenvalue weighted by Gasteiger charge is -2.04. The van der Waals surface area contributed by atoms with Crippen LogP contribution in [-0.4, -0.2) is 9.78 Å². The molecule has 0 amide bonds. The molecule has 2 aliphatic rings. The average Bonchev–Trinajstić information content (AvgIpc) is 2.75. The van der Waals surface area contributed by atoms with Crippen molar-refractivity contribution in [3.8, 4) is 0 Å². The third-order valence-electron chi connectivity index (χ3n) is 3.40. The highest BCUT2D eigenvalue weighted by Gasteiger charge is 2.40. The van der Waals surface area contributed by atoms with Crippen LogP contribution in [-0.2, 0) is 25.6 Å². The first-order valence-electron chi connectivity index (χ1n) is 5.71. The summed E-state index contributed by atoms with van der Waals surface area (Å²) in [7, 11) is 0. The molecular weight excluding hydrogens is 217 g/mol. The molecule has 1 aromatic rings. The summed E-state index contributed by atoms with van der Waals surface area (Å²) in [4.78, 5) is 0. The van der Waals surface area contributed by atoms with E-state index in [-0.39, 0.29) is 0 Å². The van der Waals surface area contributed by atoms with Crippen molar-refractivity contribution >= 4 is 0 Å². The first kappa shape index (κ1) is 10.2. The molecule has 1 fully saturated rings. The molecule has 0 atom stereocenters. The summed E-state index contributed by atoms with van der Waals surface area (Å²) in [5, 5.41) is 3.77. The molecule has 3 rings (SSSR count). The molecule has 2 aliphatic carbocycles. The van der Waals surface area contributed by atoms with Crippen LogP contribution in [0, 0.1) is 5.92 Å². The SMILES string of the molecule is FC(F)(F)c1nn(CC2CC2)c2c1CCC2. The van der Waals surface area contributed by atoms with Crippen molar-refractivity contribution in [1.82, 2.24) is 9.78 Å². The maximum Gasteiger partial charge on any atom is 0.435 e. The number of hydrogen-bond donors (Lipinski definition) is 0. The number of alkyl halides is 3. The normalized spacial score (nSPS) is 20.2. The summed E-state index contributed by atoms with van der Waals surface area (Å²) < 4.78 is 39.8. The maximum atomic E-state index is 12.7. The third kappa shape index (κ3) is 1.62. The van der Waals surface area contributed by atoms with Crippen LogP contribution in [0.25, 0.3) is 0 Å². The van der Waals surface area contributed by atoms with E-state index in [9.17, 15) is 13.2 Å². The summed E-state index contributed by atoms with van der Waals surface area (Å²) in [6.45, 7) is 0.679. The summed E-state index contributed by atoms with van der Waals surface area (Å²) in [6, 6.07) is 0. The zero-order valence-corrected chi connectivity index (χ0v) is 8.85. The van der Waals surface area contributed by atoms with Gasteiger partial charge in [0.25, 0.3) is 0 Å². The lowest BCUT2D eigenvalue weighted by atomic mass is 10.2. The molecule has 0 saturated heterocycles. The topological polar surface area (TPSA) is 17.8 Å². The van der Waals surface area contributed by atoms with Gasteiger partial charge in [0.15, 0.2) is 5.69 Å². The van der Waals surface area contributed by atoms with Gasteiger partial charge in [-0.25, -0.2) is 0 Å². The van der Waals surface area contributed by atoms with Crippen LogP contribution in [0.3, 0.4) is 0 Å². The minimum atomic E-state index is -4.29. The second-order valence-electron chi connectivity index (χ2n) is 4.75. The molecular formula is C11H13F3N2. The minimum Gasteiger partial charge on any atom is -0.268 e. The fraction of sp³-hybridized carbons (Fsp3) is 0.727. The smallest absolute Gasteiger partial charge is 0.268 e. The van der Waals surface area contributed by atoms with Gasteiger partial charge in [-0.3, -0.25) is 4.68 Å². The number of hydrogen-bond acceptors (Lipinski definition) is 1. The highest BCUT2D eigenvalue weighted by Crippen LogP contribution is 2.38. The Morgan fingerprint density at radius 1 is 1.25 bits per heavy atom. The van der Waals surface area contributed by atoms with E-state index < -0.39 is 11.9 Å². The molecule has 0 radical (unpaired) electrons. The van der Waals surface area contributed by atoms with Gasteiger partial charge < -0.3 is 0 Å². The van der Waals surface area contributed by atoms with Gasteiger partial charge in [-0.2, -0.15) is 18.3 Å². The van der Waals surface area contributed by atoms with Gasteiger partial charge in [-0.1, -0.05) is 0 Å². The second-order valence-corrected chi connectivity index (χ2v) is 4.75. The Bertz CT molecular complexity index is 416. The molecule has 16 heavy (non-hydrogen) atoms. The highest BCUT2D eigenvalue weighted by atomic mass is 19.4. The molecule has 1 heterocycles. The van der Waals surface area contributed by atoms with Crippen molar-refractivity contribution in [3.05, 3.63) is 17.0 Å². The monoisotopic (exact) mass is 230 g/mol. The lowest BCUT2D eigenvalue weighted by Crippen LogP contribution is -2.11. The van der Waals surface area contributed by atoms with Crippen LogP contribution in [0.2, 0.25) is 0 Å². The van der Waals surface area contributed by atoms with Gasteiger partial charge in [-0.15, -0.1) is 0 Å². The second kappa shape index (κ2) is 3.25. The van der Waals surface area contributed by atoms with Crippen LogP contribution in [0.5, 0.6) is 0 Å². The summed E-state index contributed by atoms with van der Waals surface area (Å²) in [5.74, 6) is 0.561. The van der Waals surface area contributed by atoms with Crippen LogP contribution in [0.15, 0.2) is 0 Å². The highest BCUT2D eigenvalue weighted by molar-refractivity contribution is 5.32. The molecule has 5 heteroatoms. The number of halogens is 3. The van der Waals surface area contributed by atoms with E-state index >= 15 is 0 Å². The molecule has 0 unspecified atom stereocenters. The quantitative estimate of drug-likeness (QED) is 0.763. The fourth-order valence-corrected chi connectivity index (χ4v) is 2.43. The van der Waals surface area contributed by atoms with Crippen LogP contribution >= 0.6 is 0 Å². The maximum absolute atomic E-state index is 12.7. The largest absolute Gasteiger partial charge is 0.435 e. The Labute approximate surface area is 91.4 Å². The fourth-order valence-electron chi connectivity index (χ4n) is 2.43. The van der Waals surface area contributed by atoms with Crippen LogP contribution in [0.1, 0.15) is 36.2 Å². The van der Waals surface area contributed by atoms with E-state index in [1.54, 1.807) is 4.68 Å². The minimum absolute atomic E-state index is 0.452. The number of nitrogens with zero attached hydrogens (tertiary/aromatic N) is 2. The number of fused-ring (bicyclic) bond motifs is 1. The molecule has 88 valence electrons. The van der Waals surface area contributed by atoms with Gasteiger partial charge in [0, 0.05) is 17.8 Å². The van der Waals surface area contributed by atoms with E-state index in [2.05, 4.69) is 5.10 Å². The molecule has 0 N–H and O–H groups in total. The Hall–Kier alpha value is -1.00. The summed E-state index contributed by atoms with van der Waals surface area (Å²) in [6.07, 6.45) is 0.107. The molecule has 0 aromatic carbocycles. The third-order valence-corrected chi connectivity index (χ3v) is 3.40. The average molecular weight is 230 g/mol. The first-order valence-corrected chi connectivity index (χ1v) is 5.71. The Balaban J connectivity index is 1.99. The van der Waals surface area contributed by atoms with E-state index in [4.69, 9.17) is 0 Å².